The van der Waals surface area contributed by atoms with Crippen LogP contribution in [-0.2, 0) is 21.3 Å². The van der Waals surface area contributed by atoms with Crippen molar-refractivity contribution in [2.24, 2.45) is 11.8 Å². The summed E-state index contributed by atoms with van der Waals surface area (Å²) in [6.45, 7) is 12.2. The van der Waals surface area contributed by atoms with E-state index in [9.17, 15) is 0 Å². The molecule has 0 aromatic rings. The van der Waals surface area contributed by atoms with Crippen LogP contribution in [0.3, 0.4) is 0 Å². The first-order valence-electron chi connectivity index (χ1n) is 11.6. The van der Waals surface area contributed by atoms with Gasteiger partial charge in [0.2, 0.25) is 0 Å². The molecule has 146 valence electrons. The van der Waals surface area contributed by atoms with E-state index in [1.165, 1.54) is 51.4 Å². The van der Waals surface area contributed by atoms with Gasteiger partial charge < -0.3 is 0 Å². The van der Waals surface area contributed by atoms with Crippen molar-refractivity contribution < 1.29 is 21.3 Å². The zero-order valence-corrected chi connectivity index (χ0v) is 20.7. The van der Waals surface area contributed by atoms with Gasteiger partial charge in [-0.25, -0.2) is 0 Å². The van der Waals surface area contributed by atoms with Gasteiger partial charge in [0, 0.05) is 0 Å². The summed E-state index contributed by atoms with van der Waals surface area (Å²) < 4.78 is 4.53. The summed E-state index contributed by atoms with van der Waals surface area (Å²) in [7, 11) is 0. The number of allylic oxidation sites excluding steroid dienone is 8. The van der Waals surface area contributed by atoms with Crippen molar-refractivity contribution in [3.63, 3.8) is 0 Å². The van der Waals surface area contributed by atoms with E-state index in [1.807, 2.05) is 22.3 Å². The molecule has 0 aromatic carbocycles. The summed E-state index contributed by atoms with van der Waals surface area (Å²) in [6, 6.07) is 0. The Hall–Kier alpha value is -0.287. The summed E-state index contributed by atoms with van der Waals surface area (Å²) in [5, 5.41) is 0. The summed E-state index contributed by atoms with van der Waals surface area (Å²) in [4.78, 5) is 0. The molecule has 1 heteroatoms. The van der Waals surface area contributed by atoms with E-state index in [1.54, 1.807) is 11.1 Å². The molecule has 0 spiro atoms. The monoisotopic (exact) mass is 440 g/mol. The third kappa shape index (κ3) is 3.56. The van der Waals surface area contributed by atoms with Gasteiger partial charge in [-0.15, -0.1) is 0 Å². The molecule has 0 N–H and O–H groups in total. The van der Waals surface area contributed by atoms with Crippen LogP contribution in [0.4, 0.5) is 0 Å². The molecule has 4 aliphatic rings. The van der Waals surface area contributed by atoms with Crippen molar-refractivity contribution in [1.82, 2.24) is 0 Å². The number of hydrogen-bond acceptors (Lipinski definition) is 0. The Kier molecular flexibility index (Phi) is 6.09. The minimum atomic E-state index is -1.85. The summed E-state index contributed by atoms with van der Waals surface area (Å²) >= 11 is -1.85. The van der Waals surface area contributed by atoms with E-state index in [4.69, 9.17) is 0 Å². The maximum atomic E-state index is 2.79. The molecular formula is C26H38Zr. The number of hydrogen-bond donors (Lipinski definition) is 0. The molecule has 2 atom stereocenters. The molecule has 0 fully saturated rings. The van der Waals surface area contributed by atoms with E-state index >= 15 is 0 Å². The Morgan fingerprint density at radius 1 is 0.741 bits per heavy atom. The average molecular weight is 442 g/mol. The van der Waals surface area contributed by atoms with Gasteiger partial charge in [-0.1, -0.05) is 0 Å². The third-order valence-electron chi connectivity index (χ3n) is 7.49. The molecule has 2 unspecified atom stereocenters. The van der Waals surface area contributed by atoms with Gasteiger partial charge in [-0.3, -0.25) is 0 Å². The van der Waals surface area contributed by atoms with Crippen LogP contribution in [0.1, 0.15) is 86.0 Å². The second-order valence-corrected chi connectivity index (χ2v) is 16.5. The van der Waals surface area contributed by atoms with E-state index in [0.29, 0.717) is 11.8 Å². The van der Waals surface area contributed by atoms with Gasteiger partial charge in [-0.05, 0) is 0 Å². The van der Waals surface area contributed by atoms with Crippen LogP contribution >= 0.6 is 0 Å². The molecule has 4 aliphatic carbocycles. The maximum absolute atomic E-state index is 2.79. The SMILES string of the molecule is C[CH]=[Zr]([CH]1C(C(C)C)=CC2=C1CCCC2)[CH]1C(C(C)C)=CC2=C1CCCC2. The first-order chi connectivity index (χ1) is 13.0. The van der Waals surface area contributed by atoms with Gasteiger partial charge in [0.25, 0.3) is 0 Å². The minimum absolute atomic E-state index is 0.712. The van der Waals surface area contributed by atoms with Crippen LogP contribution in [0.5, 0.6) is 0 Å². The van der Waals surface area contributed by atoms with Gasteiger partial charge in [0.05, 0.1) is 0 Å². The Bertz CT molecular complexity index is 704. The topological polar surface area (TPSA) is 0 Å². The summed E-state index contributed by atoms with van der Waals surface area (Å²) in [5.41, 5.74) is 11.0. The Morgan fingerprint density at radius 2 is 1.15 bits per heavy atom. The van der Waals surface area contributed by atoms with Crippen molar-refractivity contribution in [1.29, 1.82) is 0 Å². The fourth-order valence-corrected chi connectivity index (χ4v) is 16.1. The van der Waals surface area contributed by atoms with E-state index < -0.39 is 21.3 Å². The van der Waals surface area contributed by atoms with Gasteiger partial charge >= 0.3 is 176 Å². The molecule has 0 heterocycles. The van der Waals surface area contributed by atoms with Gasteiger partial charge in [0.15, 0.2) is 0 Å². The van der Waals surface area contributed by atoms with Crippen molar-refractivity contribution in [2.45, 2.75) is 93.2 Å². The molecule has 0 saturated carbocycles. The second kappa shape index (κ2) is 8.22. The molecule has 0 saturated heterocycles. The zero-order chi connectivity index (χ0) is 19.1. The molecule has 4 rings (SSSR count). The van der Waals surface area contributed by atoms with E-state index in [-0.39, 0.29) is 0 Å². The molecule has 0 aliphatic heterocycles. The zero-order valence-electron chi connectivity index (χ0n) is 18.2. The standard InChI is InChI=1S/2C12H17.C2H4.Zr/c2*1-9(2)12-7-10-5-3-4-6-11(10)8-12;1-2;/h2*7-9H,3-6H2,1-2H3;1H,2H3;. The molecule has 0 nitrogen and oxygen atoms in total. The van der Waals surface area contributed by atoms with Gasteiger partial charge in [0.1, 0.15) is 0 Å². The second-order valence-electron chi connectivity index (χ2n) is 9.77. The van der Waals surface area contributed by atoms with Crippen LogP contribution in [-0.4, -0.2) is 3.71 Å². The van der Waals surface area contributed by atoms with Crippen LogP contribution in [0.2, 0.25) is 7.25 Å². The molecule has 0 aromatic heterocycles. The third-order valence-corrected chi connectivity index (χ3v) is 15.8. The van der Waals surface area contributed by atoms with Crippen molar-refractivity contribution in [3.8, 4) is 0 Å². The normalized spacial score (nSPS) is 27.8. The molecule has 27 heavy (non-hydrogen) atoms. The Labute approximate surface area is 175 Å². The molecular weight excluding hydrogens is 404 g/mol. The van der Waals surface area contributed by atoms with E-state index in [0.717, 1.165) is 7.25 Å². The van der Waals surface area contributed by atoms with E-state index in [2.05, 4.69) is 50.5 Å². The summed E-state index contributed by atoms with van der Waals surface area (Å²) in [5.74, 6) is 1.42. The molecule has 0 radical (unpaired) electrons. The van der Waals surface area contributed by atoms with Crippen molar-refractivity contribution in [2.75, 3.05) is 0 Å². The summed E-state index contributed by atoms with van der Waals surface area (Å²) in [6.07, 6.45) is 16.5. The van der Waals surface area contributed by atoms with Gasteiger partial charge in [-0.2, -0.15) is 0 Å². The predicted octanol–water partition coefficient (Wildman–Crippen LogP) is 7.94. The van der Waals surface area contributed by atoms with Crippen LogP contribution in [0.25, 0.3) is 0 Å². The van der Waals surface area contributed by atoms with Crippen molar-refractivity contribution >= 4 is 3.71 Å². The molecule has 0 bridgehead atoms. The average Bonchev–Trinajstić information content (AvgIpc) is 3.23. The fourth-order valence-electron chi connectivity index (χ4n) is 6.15. The first kappa shape index (κ1) is 20.0. The van der Waals surface area contributed by atoms with Crippen LogP contribution in [0.15, 0.2) is 45.6 Å². The number of rotatable bonds is 4. The first-order valence-corrected chi connectivity index (χ1v) is 15.8. The van der Waals surface area contributed by atoms with Crippen LogP contribution < -0.4 is 0 Å². The quantitative estimate of drug-likeness (QED) is 0.415. The van der Waals surface area contributed by atoms with Crippen LogP contribution in [0, 0.1) is 11.8 Å². The predicted molar refractivity (Wildman–Crippen MR) is 116 cm³/mol. The van der Waals surface area contributed by atoms with Crippen molar-refractivity contribution in [3.05, 3.63) is 45.6 Å². The fraction of sp³-hybridized carbons (Fsp3) is 0.654. The Morgan fingerprint density at radius 3 is 1.52 bits per heavy atom. The molecule has 0 amide bonds. The Balaban J connectivity index is 1.78.